The van der Waals surface area contributed by atoms with Crippen LogP contribution in [-0.4, -0.2) is 26.5 Å². The molecule has 1 aromatic carbocycles. The topological polar surface area (TPSA) is 101 Å². The Kier molecular flexibility index (Phi) is 4.02. The number of nitrogens with zero attached hydrogens (tertiary/aromatic N) is 4. The van der Waals surface area contributed by atoms with E-state index in [2.05, 4.69) is 10.1 Å². The van der Waals surface area contributed by atoms with Gasteiger partial charge in [-0.05, 0) is 17.7 Å². The van der Waals surface area contributed by atoms with Crippen LogP contribution in [0.2, 0.25) is 0 Å². The fourth-order valence-corrected chi connectivity index (χ4v) is 1.77. The molecule has 0 saturated heterocycles. The molecule has 0 aliphatic rings. The highest BCUT2D eigenvalue weighted by atomic mass is 19.3. The first-order chi connectivity index (χ1) is 9.58. The van der Waals surface area contributed by atoms with Gasteiger partial charge in [0.15, 0.2) is 5.82 Å². The Morgan fingerprint density at radius 2 is 2.20 bits per heavy atom. The van der Waals surface area contributed by atoms with Gasteiger partial charge in [0.1, 0.15) is 6.33 Å². The Bertz CT molecular complexity index is 650. The predicted octanol–water partition coefficient (Wildman–Crippen LogP) is 1.20. The Balaban J connectivity index is 2.59. The van der Waals surface area contributed by atoms with Crippen molar-refractivity contribution in [1.82, 2.24) is 14.8 Å². The van der Waals surface area contributed by atoms with Crippen LogP contribution in [-0.2, 0) is 0 Å². The molecule has 6 nitrogen and oxygen atoms in total. The Labute approximate surface area is 113 Å². The number of aromatic nitrogens is 3. The molecule has 0 unspecified atom stereocenters. The number of alkyl halides is 2. The molecule has 0 amide bonds. The van der Waals surface area contributed by atoms with Gasteiger partial charge in [0, 0.05) is 5.56 Å². The molecule has 8 heteroatoms. The number of aliphatic hydroxyl groups is 1. The summed E-state index contributed by atoms with van der Waals surface area (Å²) in [7, 11) is 0. The van der Waals surface area contributed by atoms with Crippen LogP contribution in [0.25, 0.3) is 11.4 Å². The van der Waals surface area contributed by atoms with Crippen LogP contribution in [0, 0.1) is 11.3 Å². The van der Waals surface area contributed by atoms with E-state index in [0.717, 1.165) is 6.33 Å². The highest BCUT2D eigenvalue weighted by Crippen LogP contribution is 2.27. The normalized spacial score (nSPS) is 12.4. The molecule has 2 aromatic rings. The molecule has 2 rings (SSSR count). The van der Waals surface area contributed by atoms with Crippen molar-refractivity contribution in [3.05, 3.63) is 35.7 Å². The fourth-order valence-electron chi connectivity index (χ4n) is 1.77. The maximum atomic E-state index is 12.8. The zero-order valence-corrected chi connectivity index (χ0v) is 10.2. The lowest BCUT2D eigenvalue weighted by molar-refractivity contribution is 0.0582. The number of hydrogen-bond donors (Lipinski definition) is 2. The Morgan fingerprint density at radius 3 is 2.80 bits per heavy atom. The van der Waals surface area contributed by atoms with Gasteiger partial charge in [-0.15, -0.1) is 0 Å². The largest absolute Gasteiger partial charge is 0.394 e. The highest BCUT2D eigenvalue weighted by Gasteiger charge is 2.19. The lowest BCUT2D eigenvalue weighted by Gasteiger charge is -2.12. The summed E-state index contributed by atoms with van der Waals surface area (Å²) < 4.78 is 26.1. The van der Waals surface area contributed by atoms with Gasteiger partial charge in [-0.3, -0.25) is 0 Å². The third kappa shape index (κ3) is 2.49. The monoisotopic (exact) mass is 279 g/mol. The SMILES string of the molecule is N#Cc1ccc([C@H](N)CO)cc1-c1ncnn1C(F)F. The van der Waals surface area contributed by atoms with Crippen LogP contribution < -0.4 is 5.73 Å². The molecule has 1 atom stereocenters. The van der Waals surface area contributed by atoms with Crippen molar-refractivity contribution in [2.24, 2.45) is 5.73 Å². The fraction of sp³-hybridized carbons (Fsp3) is 0.250. The van der Waals surface area contributed by atoms with Crippen molar-refractivity contribution < 1.29 is 13.9 Å². The van der Waals surface area contributed by atoms with Gasteiger partial charge in [-0.2, -0.15) is 23.8 Å². The molecule has 0 aliphatic carbocycles. The van der Waals surface area contributed by atoms with Crippen molar-refractivity contribution >= 4 is 0 Å². The van der Waals surface area contributed by atoms with Crippen LogP contribution in [0.15, 0.2) is 24.5 Å². The maximum absolute atomic E-state index is 12.8. The molecule has 1 heterocycles. The lowest BCUT2D eigenvalue weighted by Crippen LogP contribution is -2.15. The zero-order valence-electron chi connectivity index (χ0n) is 10.2. The lowest BCUT2D eigenvalue weighted by atomic mass is 10.0. The van der Waals surface area contributed by atoms with E-state index in [1.807, 2.05) is 6.07 Å². The molecule has 3 N–H and O–H groups in total. The summed E-state index contributed by atoms with van der Waals surface area (Å²) in [6.45, 7) is -3.17. The molecule has 0 saturated carbocycles. The number of rotatable bonds is 4. The summed E-state index contributed by atoms with van der Waals surface area (Å²) in [5.74, 6) is -0.122. The summed E-state index contributed by atoms with van der Waals surface area (Å²) in [5, 5.41) is 21.5. The van der Waals surface area contributed by atoms with E-state index >= 15 is 0 Å². The Morgan fingerprint density at radius 1 is 1.45 bits per heavy atom. The summed E-state index contributed by atoms with van der Waals surface area (Å²) in [4.78, 5) is 3.76. The second kappa shape index (κ2) is 5.73. The van der Waals surface area contributed by atoms with E-state index in [0.29, 0.717) is 10.2 Å². The zero-order chi connectivity index (χ0) is 14.7. The number of benzene rings is 1. The minimum absolute atomic E-state index is 0.122. The second-order valence-electron chi connectivity index (χ2n) is 4.01. The first-order valence-corrected chi connectivity index (χ1v) is 5.67. The third-order valence-electron chi connectivity index (χ3n) is 2.79. The van der Waals surface area contributed by atoms with Gasteiger partial charge < -0.3 is 10.8 Å². The van der Waals surface area contributed by atoms with Gasteiger partial charge in [0.2, 0.25) is 0 Å². The first kappa shape index (κ1) is 14.0. The average Bonchev–Trinajstić information content (AvgIpc) is 2.95. The maximum Gasteiger partial charge on any atom is 0.335 e. The van der Waals surface area contributed by atoms with Gasteiger partial charge in [-0.25, -0.2) is 4.98 Å². The van der Waals surface area contributed by atoms with Gasteiger partial charge in [0.05, 0.1) is 24.3 Å². The van der Waals surface area contributed by atoms with E-state index < -0.39 is 12.6 Å². The number of nitriles is 1. The molecular weight excluding hydrogens is 268 g/mol. The van der Waals surface area contributed by atoms with Gasteiger partial charge >= 0.3 is 6.55 Å². The standard InChI is InChI=1S/C12H11F2N5O/c13-12(14)19-11(17-6-18-19)9-3-7(10(16)5-20)1-2-8(9)4-15/h1-3,6,10,12,20H,5,16H2/t10-/m1/s1. The van der Waals surface area contributed by atoms with Crippen molar-refractivity contribution in [3.63, 3.8) is 0 Å². The highest BCUT2D eigenvalue weighted by molar-refractivity contribution is 5.65. The van der Waals surface area contributed by atoms with Crippen molar-refractivity contribution in [1.29, 1.82) is 5.26 Å². The number of hydrogen-bond acceptors (Lipinski definition) is 5. The van der Waals surface area contributed by atoms with Crippen molar-refractivity contribution in [3.8, 4) is 17.5 Å². The number of nitrogens with two attached hydrogens (primary N) is 1. The third-order valence-corrected chi connectivity index (χ3v) is 2.79. The van der Waals surface area contributed by atoms with Gasteiger partial charge in [0.25, 0.3) is 0 Å². The van der Waals surface area contributed by atoms with Gasteiger partial charge in [-0.1, -0.05) is 6.07 Å². The summed E-state index contributed by atoms with van der Waals surface area (Å²) >= 11 is 0. The van der Waals surface area contributed by atoms with Crippen molar-refractivity contribution in [2.75, 3.05) is 6.61 Å². The summed E-state index contributed by atoms with van der Waals surface area (Å²) in [5.41, 5.74) is 6.58. The van der Waals surface area contributed by atoms with E-state index in [1.165, 1.54) is 12.1 Å². The van der Waals surface area contributed by atoms with Crippen LogP contribution in [0.5, 0.6) is 0 Å². The second-order valence-corrected chi connectivity index (χ2v) is 4.01. The molecule has 0 aliphatic heterocycles. The molecule has 0 fully saturated rings. The molecule has 104 valence electrons. The smallest absolute Gasteiger partial charge is 0.335 e. The molecule has 0 bridgehead atoms. The number of halogens is 2. The summed E-state index contributed by atoms with van der Waals surface area (Å²) in [6.07, 6.45) is 0.987. The van der Waals surface area contributed by atoms with E-state index in [1.54, 1.807) is 6.07 Å². The molecule has 20 heavy (non-hydrogen) atoms. The van der Waals surface area contributed by atoms with E-state index in [4.69, 9.17) is 16.1 Å². The van der Waals surface area contributed by atoms with E-state index in [-0.39, 0.29) is 23.6 Å². The molecular formula is C12H11F2N5O. The minimum Gasteiger partial charge on any atom is -0.394 e. The van der Waals surface area contributed by atoms with Crippen LogP contribution in [0.3, 0.4) is 0 Å². The van der Waals surface area contributed by atoms with Crippen LogP contribution >= 0.6 is 0 Å². The molecule has 0 spiro atoms. The Hall–Kier alpha value is -2.37. The quantitative estimate of drug-likeness (QED) is 0.875. The molecule has 0 radical (unpaired) electrons. The minimum atomic E-state index is -2.87. The van der Waals surface area contributed by atoms with E-state index in [9.17, 15) is 8.78 Å². The number of aliphatic hydroxyl groups excluding tert-OH is 1. The summed E-state index contributed by atoms with van der Waals surface area (Å²) in [6, 6.07) is 5.71. The van der Waals surface area contributed by atoms with Crippen LogP contribution in [0.4, 0.5) is 8.78 Å². The molecule has 1 aromatic heterocycles. The first-order valence-electron chi connectivity index (χ1n) is 5.67. The van der Waals surface area contributed by atoms with Crippen LogP contribution in [0.1, 0.15) is 23.7 Å². The predicted molar refractivity (Wildman–Crippen MR) is 65.4 cm³/mol. The van der Waals surface area contributed by atoms with Crippen molar-refractivity contribution in [2.45, 2.75) is 12.6 Å². The average molecular weight is 279 g/mol.